The number of hydrogen-bond donors (Lipinski definition) is 0. The van der Waals surface area contributed by atoms with Crippen molar-refractivity contribution in [2.45, 2.75) is 56.1 Å². The van der Waals surface area contributed by atoms with Gasteiger partial charge in [0.25, 0.3) is 0 Å². The molecule has 0 heterocycles. The molecule has 2 fully saturated rings. The summed E-state index contributed by atoms with van der Waals surface area (Å²) in [6.45, 7) is 0.595. The first-order chi connectivity index (χ1) is 12.3. The fourth-order valence-corrected chi connectivity index (χ4v) is 5.32. The van der Waals surface area contributed by atoms with Gasteiger partial charge >= 0.3 is 0 Å². The lowest BCUT2D eigenvalue weighted by atomic mass is 9.58. The summed E-state index contributed by atoms with van der Waals surface area (Å²) < 4.78 is 12.2. The zero-order valence-electron chi connectivity index (χ0n) is 14.5. The standard InChI is InChI=1S/C22H25BrO2/c23-20-15-21(22(20)13-5-2-6-14-22)25-19-11-9-18(10-12-19)24-16-17-7-3-1-4-8-17/h1,3-4,7-12,20-21H,2,5-6,13-16H2. The van der Waals surface area contributed by atoms with E-state index in [-0.39, 0.29) is 0 Å². The second kappa shape index (κ2) is 7.41. The Morgan fingerprint density at radius 3 is 2.24 bits per heavy atom. The van der Waals surface area contributed by atoms with E-state index in [0.717, 1.165) is 17.9 Å². The number of ether oxygens (including phenoxy) is 2. The molecule has 2 aliphatic rings. The Balaban J connectivity index is 1.34. The zero-order valence-corrected chi connectivity index (χ0v) is 16.1. The maximum atomic E-state index is 6.35. The highest BCUT2D eigenvalue weighted by Gasteiger charge is 2.55. The van der Waals surface area contributed by atoms with Crippen LogP contribution in [0.15, 0.2) is 54.6 Å². The summed E-state index contributed by atoms with van der Waals surface area (Å²) in [5.74, 6) is 1.84. The second-order valence-corrected chi connectivity index (χ2v) is 8.45. The second-order valence-electron chi connectivity index (χ2n) is 7.35. The normalized spacial score (nSPS) is 24.5. The van der Waals surface area contributed by atoms with Crippen LogP contribution >= 0.6 is 15.9 Å². The molecule has 2 aromatic rings. The van der Waals surface area contributed by atoms with E-state index in [1.165, 1.54) is 37.7 Å². The molecule has 0 N–H and O–H groups in total. The van der Waals surface area contributed by atoms with Crippen molar-refractivity contribution < 1.29 is 9.47 Å². The lowest BCUT2D eigenvalue weighted by Gasteiger charge is -2.55. The Kier molecular flexibility index (Phi) is 5.03. The van der Waals surface area contributed by atoms with Crippen LogP contribution in [0.4, 0.5) is 0 Å². The largest absolute Gasteiger partial charge is 0.490 e. The first-order valence-electron chi connectivity index (χ1n) is 9.34. The van der Waals surface area contributed by atoms with Gasteiger partial charge in [-0.15, -0.1) is 0 Å². The molecule has 2 unspecified atom stereocenters. The minimum atomic E-state index is 0.355. The molecule has 132 valence electrons. The third-order valence-corrected chi connectivity index (χ3v) is 7.11. The molecule has 0 saturated heterocycles. The topological polar surface area (TPSA) is 18.5 Å². The molecule has 0 aromatic heterocycles. The first-order valence-corrected chi connectivity index (χ1v) is 10.3. The summed E-state index contributed by atoms with van der Waals surface area (Å²) in [6, 6.07) is 18.3. The minimum absolute atomic E-state index is 0.355. The molecule has 2 atom stereocenters. The van der Waals surface area contributed by atoms with E-state index in [2.05, 4.69) is 28.1 Å². The van der Waals surface area contributed by atoms with E-state index in [1.807, 2.05) is 42.5 Å². The SMILES string of the molecule is BrC1CC(Oc2ccc(OCc3ccccc3)cc2)C12CCCCC2. The quantitative estimate of drug-likeness (QED) is 0.561. The summed E-state index contributed by atoms with van der Waals surface area (Å²) in [5.41, 5.74) is 1.54. The van der Waals surface area contributed by atoms with E-state index >= 15 is 0 Å². The fourth-order valence-electron chi connectivity index (χ4n) is 4.23. The van der Waals surface area contributed by atoms with Crippen molar-refractivity contribution in [3.05, 3.63) is 60.2 Å². The van der Waals surface area contributed by atoms with Crippen LogP contribution in [0.2, 0.25) is 0 Å². The summed E-state index contributed by atoms with van der Waals surface area (Å²) in [7, 11) is 0. The number of alkyl halides is 1. The molecular weight excluding hydrogens is 376 g/mol. The third-order valence-electron chi connectivity index (χ3n) is 5.82. The number of hydrogen-bond acceptors (Lipinski definition) is 2. The van der Waals surface area contributed by atoms with Crippen LogP contribution in [0.3, 0.4) is 0 Å². The lowest BCUT2D eigenvalue weighted by Crippen LogP contribution is -2.57. The highest BCUT2D eigenvalue weighted by molar-refractivity contribution is 9.09. The molecule has 2 saturated carbocycles. The van der Waals surface area contributed by atoms with Gasteiger partial charge in [-0.2, -0.15) is 0 Å². The molecule has 0 bridgehead atoms. The lowest BCUT2D eigenvalue weighted by molar-refractivity contribution is -0.0601. The average Bonchev–Trinajstić information content (AvgIpc) is 2.68. The molecule has 0 amide bonds. The van der Waals surface area contributed by atoms with Crippen LogP contribution in [0, 0.1) is 5.41 Å². The Morgan fingerprint density at radius 2 is 1.56 bits per heavy atom. The van der Waals surface area contributed by atoms with Crippen LogP contribution in [0.25, 0.3) is 0 Å². The maximum absolute atomic E-state index is 6.35. The zero-order chi connectivity index (χ0) is 17.1. The van der Waals surface area contributed by atoms with Crippen molar-refractivity contribution >= 4 is 15.9 Å². The predicted octanol–water partition coefficient (Wildman–Crippen LogP) is 6.13. The molecule has 0 radical (unpaired) electrons. The van der Waals surface area contributed by atoms with Gasteiger partial charge in [0.05, 0.1) is 0 Å². The van der Waals surface area contributed by atoms with E-state index in [9.17, 15) is 0 Å². The average molecular weight is 401 g/mol. The van der Waals surface area contributed by atoms with Crippen LogP contribution in [0.5, 0.6) is 11.5 Å². The molecule has 4 rings (SSSR count). The summed E-state index contributed by atoms with van der Waals surface area (Å²) >= 11 is 3.89. The Labute approximate surface area is 158 Å². The summed E-state index contributed by atoms with van der Waals surface area (Å²) in [4.78, 5) is 0.624. The third kappa shape index (κ3) is 3.57. The van der Waals surface area contributed by atoms with Crippen LogP contribution in [-0.4, -0.2) is 10.9 Å². The molecule has 0 aliphatic heterocycles. The fraction of sp³-hybridized carbons (Fsp3) is 0.455. The monoisotopic (exact) mass is 400 g/mol. The number of halogens is 1. The van der Waals surface area contributed by atoms with E-state index in [4.69, 9.17) is 9.47 Å². The Hall–Kier alpha value is -1.48. The van der Waals surface area contributed by atoms with E-state index in [0.29, 0.717) is 23.0 Å². The maximum Gasteiger partial charge on any atom is 0.120 e. The van der Waals surface area contributed by atoms with E-state index < -0.39 is 0 Å². The van der Waals surface area contributed by atoms with Gasteiger partial charge in [0.2, 0.25) is 0 Å². The van der Waals surface area contributed by atoms with Gasteiger partial charge in [-0.3, -0.25) is 0 Å². The van der Waals surface area contributed by atoms with Gasteiger partial charge in [-0.1, -0.05) is 65.5 Å². The predicted molar refractivity (Wildman–Crippen MR) is 104 cm³/mol. The summed E-state index contributed by atoms with van der Waals surface area (Å²) in [6.07, 6.45) is 8.13. The Morgan fingerprint density at radius 1 is 0.880 bits per heavy atom. The molecule has 2 aromatic carbocycles. The molecule has 1 spiro atoms. The molecule has 2 aliphatic carbocycles. The van der Waals surface area contributed by atoms with Crippen molar-refractivity contribution in [1.82, 2.24) is 0 Å². The van der Waals surface area contributed by atoms with Crippen molar-refractivity contribution in [2.24, 2.45) is 5.41 Å². The Bertz CT molecular complexity index is 677. The van der Waals surface area contributed by atoms with Crippen molar-refractivity contribution in [2.75, 3.05) is 0 Å². The van der Waals surface area contributed by atoms with Crippen molar-refractivity contribution in [1.29, 1.82) is 0 Å². The van der Waals surface area contributed by atoms with Gasteiger partial charge < -0.3 is 9.47 Å². The van der Waals surface area contributed by atoms with Crippen molar-refractivity contribution in [3.63, 3.8) is 0 Å². The summed E-state index contributed by atoms with van der Waals surface area (Å²) in [5, 5.41) is 0. The van der Waals surface area contributed by atoms with E-state index in [1.54, 1.807) is 0 Å². The molecule has 25 heavy (non-hydrogen) atoms. The van der Waals surface area contributed by atoms with Gasteiger partial charge in [-0.25, -0.2) is 0 Å². The van der Waals surface area contributed by atoms with Gasteiger partial charge in [-0.05, 0) is 49.1 Å². The van der Waals surface area contributed by atoms with Gasteiger partial charge in [0.15, 0.2) is 0 Å². The molecule has 2 nitrogen and oxygen atoms in total. The first kappa shape index (κ1) is 17.0. The van der Waals surface area contributed by atoms with Crippen molar-refractivity contribution in [3.8, 4) is 11.5 Å². The number of benzene rings is 2. The highest BCUT2D eigenvalue weighted by Crippen LogP contribution is 2.56. The van der Waals surface area contributed by atoms with Crippen LogP contribution < -0.4 is 9.47 Å². The van der Waals surface area contributed by atoms with Gasteiger partial charge in [0.1, 0.15) is 24.2 Å². The number of rotatable bonds is 5. The van der Waals surface area contributed by atoms with Crippen LogP contribution in [0.1, 0.15) is 44.1 Å². The van der Waals surface area contributed by atoms with Crippen LogP contribution in [-0.2, 0) is 6.61 Å². The minimum Gasteiger partial charge on any atom is -0.490 e. The van der Waals surface area contributed by atoms with Gasteiger partial charge in [0, 0.05) is 10.2 Å². The molecule has 3 heteroatoms. The molecular formula is C22H25BrO2. The highest BCUT2D eigenvalue weighted by atomic mass is 79.9. The smallest absolute Gasteiger partial charge is 0.120 e.